The quantitative estimate of drug-likeness (QED) is 0.171. The Kier molecular flexibility index (Phi) is 8.43. The molecule has 4 rings (SSSR count). The number of likely N-dealkylation sites (N-methyl/N-ethyl adjacent to an activating group) is 1. The van der Waals surface area contributed by atoms with Crippen molar-refractivity contribution in [2.45, 2.75) is 37.9 Å². The highest BCUT2D eigenvalue weighted by Crippen LogP contribution is 2.49. The molecule has 1 spiro atoms. The molecule has 0 bridgehead atoms. The van der Waals surface area contributed by atoms with Gasteiger partial charge in [-0.2, -0.15) is 0 Å². The molecule has 196 valence electrons. The minimum absolute atomic E-state index is 0.0236. The van der Waals surface area contributed by atoms with Gasteiger partial charge in [0.1, 0.15) is 17.7 Å². The number of nitrogens with zero attached hydrogens (tertiary/aromatic N) is 2. The number of carbonyl (C=O) groups is 1. The molecular weight excluding hydrogens is 464 g/mol. The van der Waals surface area contributed by atoms with Crippen LogP contribution in [0, 0.1) is 10.8 Å². The average Bonchev–Trinajstić information content (AvgIpc) is 2.92. The number of likely N-dealkylation sites (tertiary alicyclic amines) is 1. The Hall–Kier alpha value is -3.46. The Morgan fingerprint density at radius 1 is 1.16 bits per heavy atom. The molecule has 1 amide bonds. The van der Waals surface area contributed by atoms with E-state index in [0.717, 1.165) is 50.1 Å². The third-order valence-corrected chi connectivity index (χ3v) is 7.69. The third-order valence-electron chi connectivity index (χ3n) is 7.69. The molecule has 37 heavy (non-hydrogen) atoms. The van der Waals surface area contributed by atoms with Gasteiger partial charge in [0.25, 0.3) is 0 Å². The van der Waals surface area contributed by atoms with Crippen LogP contribution < -0.4 is 21.2 Å². The highest BCUT2D eigenvalue weighted by Gasteiger charge is 2.47. The molecule has 1 unspecified atom stereocenters. The molecule has 8 heteroatoms. The van der Waals surface area contributed by atoms with Crippen molar-refractivity contribution in [3.63, 3.8) is 0 Å². The van der Waals surface area contributed by atoms with Crippen LogP contribution in [0.3, 0.4) is 0 Å². The first kappa shape index (κ1) is 26.6. The van der Waals surface area contributed by atoms with E-state index in [1.807, 2.05) is 78.6 Å². The van der Waals surface area contributed by atoms with E-state index in [9.17, 15) is 4.79 Å². The molecule has 2 fully saturated rings. The summed E-state index contributed by atoms with van der Waals surface area (Å²) in [6.07, 6.45) is 6.79. The smallest absolute Gasteiger partial charge is 0.245 e. The summed E-state index contributed by atoms with van der Waals surface area (Å²) >= 11 is 0. The highest BCUT2D eigenvalue weighted by atomic mass is 16.5. The largest absolute Gasteiger partial charge is 0.457 e. The van der Waals surface area contributed by atoms with Crippen molar-refractivity contribution in [3.05, 3.63) is 84.6 Å². The molecule has 1 saturated heterocycles. The van der Waals surface area contributed by atoms with E-state index in [0.29, 0.717) is 23.1 Å². The number of hydrogen-bond acceptors (Lipinski definition) is 7. The van der Waals surface area contributed by atoms with E-state index in [1.165, 1.54) is 12.3 Å². The van der Waals surface area contributed by atoms with Crippen LogP contribution in [0.4, 0.5) is 0 Å². The summed E-state index contributed by atoms with van der Waals surface area (Å²) in [5.41, 5.74) is 11.4. The molecule has 2 aromatic rings. The van der Waals surface area contributed by atoms with Crippen LogP contribution in [0.15, 0.2) is 79.0 Å². The summed E-state index contributed by atoms with van der Waals surface area (Å²) in [6.45, 7) is 5.19. The first-order valence-corrected chi connectivity index (χ1v) is 12.8. The molecule has 0 aromatic heterocycles. The van der Waals surface area contributed by atoms with Gasteiger partial charge in [0.2, 0.25) is 5.91 Å². The van der Waals surface area contributed by atoms with E-state index in [4.69, 9.17) is 15.9 Å². The van der Waals surface area contributed by atoms with Gasteiger partial charge < -0.3 is 15.4 Å². The zero-order chi connectivity index (χ0) is 26.4. The number of rotatable bonds is 10. The number of benzene rings is 2. The molecule has 2 aliphatic rings. The van der Waals surface area contributed by atoms with E-state index in [1.54, 1.807) is 0 Å². The van der Waals surface area contributed by atoms with E-state index < -0.39 is 0 Å². The molecule has 1 saturated carbocycles. The van der Waals surface area contributed by atoms with Crippen molar-refractivity contribution < 1.29 is 9.53 Å². The van der Waals surface area contributed by atoms with Crippen LogP contribution in [0.2, 0.25) is 0 Å². The number of piperidine rings is 1. The van der Waals surface area contributed by atoms with Crippen LogP contribution in [0.5, 0.6) is 11.5 Å². The average molecular weight is 503 g/mol. The van der Waals surface area contributed by atoms with Gasteiger partial charge in [0.05, 0.1) is 5.71 Å². The molecule has 1 aliphatic carbocycles. The number of ether oxygens (including phenoxy) is 1. The van der Waals surface area contributed by atoms with Gasteiger partial charge in [0.15, 0.2) is 0 Å². The van der Waals surface area contributed by atoms with Crippen molar-refractivity contribution in [2.24, 2.45) is 11.1 Å². The lowest BCUT2D eigenvalue weighted by Crippen LogP contribution is -2.61. The van der Waals surface area contributed by atoms with Crippen molar-refractivity contribution in [2.75, 3.05) is 27.2 Å². The molecule has 5 N–H and O–H groups in total. The second kappa shape index (κ2) is 11.7. The second-order valence-electron chi connectivity index (χ2n) is 9.97. The van der Waals surface area contributed by atoms with Gasteiger partial charge in [-0.15, -0.1) is 0 Å². The van der Waals surface area contributed by atoms with Crippen molar-refractivity contribution >= 4 is 11.6 Å². The van der Waals surface area contributed by atoms with Crippen LogP contribution in [0.1, 0.15) is 31.2 Å². The number of hydrogen-bond donors (Lipinski definition) is 4. The van der Waals surface area contributed by atoms with Gasteiger partial charge in [0, 0.05) is 43.5 Å². The fraction of sp³-hybridized carbons (Fsp3) is 0.379. The standard InChI is InChI=1S/C29H38N6O2/c1-4-26(36)35-16-14-29(15-17-35)18-22(19-29)33-28(34(3)32-2)25(20-30)27(31)21-10-12-24(13-11-21)37-23-8-6-5-7-9-23/h4-13,20,22,28,31-33H,1,14-19,30H2,2-3H3/b25-20-,31-27?. The predicted molar refractivity (Wildman–Crippen MR) is 147 cm³/mol. The number of hydrazine groups is 1. The zero-order valence-electron chi connectivity index (χ0n) is 21.7. The maximum absolute atomic E-state index is 11.9. The predicted octanol–water partition coefficient (Wildman–Crippen LogP) is 3.63. The van der Waals surface area contributed by atoms with Crippen molar-refractivity contribution in [1.29, 1.82) is 5.41 Å². The first-order chi connectivity index (χ1) is 17.9. The van der Waals surface area contributed by atoms with Crippen LogP contribution in [0.25, 0.3) is 0 Å². The van der Waals surface area contributed by atoms with Crippen molar-refractivity contribution in [1.82, 2.24) is 20.7 Å². The Balaban J connectivity index is 1.39. The topological polar surface area (TPSA) is 107 Å². The molecule has 1 aliphatic heterocycles. The summed E-state index contributed by atoms with van der Waals surface area (Å²) in [5, 5.41) is 14.6. The summed E-state index contributed by atoms with van der Waals surface area (Å²) in [6, 6.07) is 17.4. The third kappa shape index (κ3) is 6.10. The maximum Gasteiger partial charge on any atom is 0.245 e. The Morgan fingerprint density at radius 2 is 1.78 bits per heavy atom. The van der Waals surface area contributed by atoms with E-state index in [2.05, 4.69) is 17.3 Å². The van der Waals surface area contributed by atoms with Crippen LogP contribution in [-0.2, 0) is 4.79 Å². The summed E-state index contributed by atoms with van der Waals surface area (Å²) in [7, 11) is 3.80. The number of nitrogens with one attached hydrogen (secondary N) is 3. The van der Waals surface area contributed by atoms with E-state index >= 15 is 0 Å². The summed E-state index contributed by atoms with van der Waals surface area (Å²) in [4.78, 5) is 13.8. The van der Waals surface area contributed by atoms with Crippen LogP contribution >= 0.6 is 0 Å². The monoisotopic (exact) mass is 502 g/mol. The van der Waals surface area contributed by atoms with Gasteiger partial charge in [-0.25, -0.2) is 5.01 Å². The normalized spacial score (nSPS) is 18.4. The molecule has 1 heterocycles. The van der Waals surface area contributed by atoms with Crippen molar-refractivity contribution in [3.8, 4) is 11.5 Å². The SMILES string of the molecule is C=CC(=O)N1CCC2(CC1)CC(NC(/C(=C\N)C(=N)c1ccc(Oc3ccccc3)cc1)N(C)NC)C2. The first-order valence-electron chi connectivity index (χ1n) is 12.8. The lowest BCUT2D eigenvalue weighted by molar-refractivity contribution is -0.129. The van der Waals surface area contributed by atoms with Gasteiger partial charge in [-0.3, -0.25) is 20.9 Å². The summed E-state index contributed by atoms with van der Waals surface area (Å²) < 4.78 is 5.89. The highest BCUT2D eigenvalue weighted by molar-refractivity contribution is 6.11. The minimum atomic E-state index is -0.271. The maximum atomic E-state index is 11.9. The Morgan fingerprint density at radius 3 is 2.35 bits per heavy atom. The number of amides is 1. The van der Waals surface area contributed by atoms with Gasteiger partial charge >= 0.3 is 0 Å². The Labute approximate surface area is 219 Å². The summed E-state index contributed by atoms with van der Waals surface area (Å²) in [5.74, 6) is 1.50. The lowest BCUT2D eigenvalue weighted by atomic mass is 9.60. The number of nitrogens with two attached hydrogens (primary N) is 1. The number of para-hydroxylation sites is 1. The zero-order valence-corrected chi connectivity index (χ0v) is 21.7. The van der Waals surface area contributed by atoms with Gasteiger partial charge in [-0.1, -0.05) is 24.8 Å². The van der Waals surface area contributed by atoms with Gasteiger partial charge in [-0.05, 0) is 80.6 Å². The molecule has 8 nitrogen and oxygen atoms in total. The fourth-order valence-corrected chi connectivity index (χ4v) is 5.40. The second-order valence-corrected chi connectivity index (χ2v) is 9.97. The molecule has 1 atom stereocenters. The van der Waals surface area contributed by atoms with E-state index in [-0.39, 0.29) is 17.5 Å². The lowest BCUT2D eigenvalue weighted by Gasteiger charge is -2.53. The van der Waals surface area contributed by atoms with Crippen LogP contribution in [-0.4, -0.2) is 60.9 Å². The Bertz CT molecular complexity index is 1110. The number of carbonyl (C=O) groups excluding carboxylic acids is 1. The minimum Gasteiger partial charge on any atom is -0.457 e. The molecule has 2 aromatic carbocycles. The molecule has 0 radical (unpaired) electrons. The fourth-order valence-electron chi connectivity index (χ4n) is 5.40. The molecular formula is C29H38N6O2.